The number of benzene rings is 1. The highest BCUT2D eigenvalue weighted by molar-refractivity contribution is 14.1. The van der Waals surface area contributed by atoms with Crippen LogP contribution < -0.4 is 30.1 Å². The van der Waals surface area contributed by atoms with Crippen molar-refractivity contribution in [2.24, 2.45) is 0 Å². The number of ether oxygens (including phenoxy) is 3. The zero-order valence-electron chi connectivity index (χ0n) is 17.5. The minimum atomic E-state index is 0.205. The van der Waals surface area contributed by atoms with Crippen LogP contribution in [0.4, 0.5) is 5.82 Å². The normalized spacial score (nSPS) is 20.3. The first-order valence-corrected chi connectivity index (χ1v) is 12.7. The fraction of sp³-hybridized carbons (Fsp3) is 0.409. The molecule has 1 aromatic heterocycles. The number of piperidine rings is 1. The molecule has 6 nitrogen and oxygen atoms in total. The van der Waals surface area contributed by atoms with Crippen molar-refractivity contribution in [3.8, 4) is 22.8 Å². The summed E-state index contributed by atoms with van der Waals surface area (Å²) < 4.78 is 17.9. The van der Waals surface area contributed by atoms with E-state index in [4.69, 9.17) is 30.8 Å². The summed E-state index contributed by atoms with van der Waals surface area (Å²) >= 11 is 11.4. The molecule has 4 rings (SSSR count). The Hall–Kier alpha value is -0.980. The number of pyridine rings is 1. The van der Waals surface area contributed by atoms with Crippen molar-refractivity contribution in [1.29, 1.82) is 0 Å². The predicted molar refractivity (Wildman–Crippen MR) is 142 cm³/mol. The molecule has 2 aliphatic heterocycles. The smallest absolute Gasteiger partial charge is 0.141 e. The van der Waals surface area contributed by atoms with Crippen LogP contribution in [0.25, 0.3) is 23.5 Å². The van der Waals surface area contributed by atoms with Crippen LogP contribution >= 0.6 is 56.8 Å². The summed E-state index contributed by atoms with van der Waals surface area (Å²) in [5.41, 5.74) is 1.60. The average molecular weight is 668 g/mol. The third kappa shape index (κ3) is 4.58. The molecule has 1 N–H and O–H groups in total. The number of rotatable bonds is 5. The molecule has 3 heterocycles. The molecule has 9 heteroatoms. The third-order valence-electron chi connectivity index (χ3n) is 5.62. The Morgan fingerprint density at radius 3 is 2.68 bits per heavy atom. The maximum absolute atomic E-state index is 6.77. The predicted octanol–water partition coefficient (Wildman–Crippen LogP) is 3.52. The Bertz CT molecular complexity index is 1080. The fourth-order valence-corrected chi connectivity index (χ4v) is 5.96. The van der Waals surface area contributed by atoms with E-state index in [9.17, 15) is 0 Å². The van der Waals surface area contributed by atoms with E-state index in [0.29, 0.717) is 16.5 Å². The van der Waals surface area contributed by atoms with Gasteiger partial charge in [-0.15, -0.1) is 0 Å². The second-order valence-electron chi connectivity index (χ2n) is 7.44. The third-order valence-corrected chi connectivity index (χ3v) is 7.79. The molecular formula is C22H24ClI2N3O3. The Kier molecular flexibility index (Phi) is 7.39. The van der Waals surface area contributed by atoms with Crippen molar-refractivity contribution < 1.29 is 14.2 Å². The summed E-state index contributed by atoms with van der Waals surface area (Å²) in [6.07, 6.45) is 6.61. The quantitative estimate of drug-likeness (QED) is 0.300. The van der Waals surface area contributed by atoms with E-state index in [0.717, 1.165) is 57.0 Å². The minimum absolute atomic E-state index is 0.205. The second-order valence-corrected chi connectivity index (χ2v) is 10.2. The molecule has 1 aromatic carbocycles. The zero-order chi connectivity index (χ0) is 22.1. The molecule has 2 aliphatic rings. The average Bonchev–Trinajstić information content (AvgIpc) is 2.79. The summed E-state index contributed by atoms with van der Waals surface area (Å²) in [6.45, 7) is 1.76. The van der Waals surface area contributed by atoms with Gasteiger partial charge in [0.25, 0.3) is 0 Å². The Labute approximate surface area is 214 Å². The van der Waals surface area contributed by atoms with E-state index < -0.39 is 0 Å². The highest BCUT2D eigenvalue weighted by Crippen LogP contribution is 2.43. The molecule has 0 bridgehead atoms. The first-order valence-electron chi connectivity index (χ1n) is 9.98. The maximum atomic E-state index is 6.77. The zero-order valence-corrected chi connectivity index (χ0v) is 22.6. The molecule has 0 radical (unpaired) electrons. The Morgan fingerprint density at radius 1 is 1.19 bits per heavy atom. The number of hydrogen-bond acceptors (Lipinski definition) is 6. The highest BCUT2D eigenvalue weighted by atomic mass is 127. The van der Waals surface area contributed by atoms with Gasteiger partial charge in [0, 0.05) is 48.5 Å². The van der Waals surface area contributed by atoms with Crippen LogP contribution in [0.3, 0.4) is 0 Å². The number of methoxy groups -OCH3 is 3. The fourth-order valence-electron chi connectivity index (χ4n) is 4.02. The van der Waals surface area contributed by atoms with Gasteiger partial charge in [-0.1, -0.05) is 34.2 Å². The molecule has 166 valence electrons. The molecule has 1 fully saturated rings. The van der Waals surface area contributed by atoms with E-state index in [1.165, 1.54) is 0 Å². The van der Waals surface area contributed by atoms with Gasteiger partial charge < -0.3 is 24.4 Å². The molecule has 31 heavy (non-hydrogen) atoms. The summed E-state index contributed by atoms with van der Waals surface area (Å²) in [6, 6.07) is 3.88. The van der Waals surface area contributed by atoms with Crippen molar-refractivity contribution in [1.82, 2.24) is 10.3 Å². The maximum Gasteiger partial charge on any atom is 0.141 e. The van der Waals surface area contributed by atoms with Crippen LogP contribution in [0.1, 0.15) is 12.8 Å². The molecule has 2 unspecified atom stereocenters. The van der Waals surface area contributed by atoms with E-state index in [-0.39, 0.29) is 10.2 Å². The van der Waals surface area contributed by atoms with Gasteiger partial charge in [-0.05, 0) is 47.6 Å². The lowest BCUT2D eigenvalue weighted by Crippen LogP contribution is -2.46. The lowest BCUT2D eigenvalue weighted by Gasteiger charge is -2.33. The highest BCUT2D eigenvalue weighted by Gasteiger charge is 2.25. The summed E-state index contributed by atoms with van der Waals surface area (Å²) in [7, 11) is 5.03. The van der Waals surface area contributed by atoms with Crippen molar-refractivity contribution in [2.75, 3.05) is 39.3 Å². The van der Waals surface area contributed by atoms with Gasteiger partial charge in [-0.2, -0.15) is 0 Å². The van der Waals surface area contributed by atoms with Gasteiger partial charge in [0.05, 0.1) is 38.7 Å². The number of nitrogens with zero attached hydrogens (tertiary/aromatic N) is 2. The van der Waals surface area contributed by atoms with Gasteiger partial charge in [0.1, 0.15) is 17.3 Å². The van der Waals surface area contributed by atoms with Crippen LogP contribution in [-0.2, 0) is 4.74 Å². The molecule has 1 saturated heterocycles. The molecule has 0 aliphatic carbocycles. The number of anilines is 1. The van der Waals surface area contributed by atoms with Crippen LogP contribution in [0.2, 0.25) is 5.02 Å². The second kappa shape index (κ2) is 9.88. The van der Waals surface area contributed by atoms with E-state index >= 15 is 0 Å². The minimum Gasteiger partial charge on any atom is -0.495 e. The summed E-state index contributed by atoms with van der Waals surface area (Å²) in [5.74, 6) is 2.23. The standard InChI is InChI=1S/C22H24ClI2N3O3/c1-29-13-5-4-6-28(11-13)22-14-8-18(24)26-10-12(14)7-15(27-22)19-20(23)16(30-2)9-17(31-3)21(19)25/h7-10,13,18,26H,4-6,11H2,1-3H3. The number of nitrogens with one attached hydrogen (secondary N) is 1. The number of hydrogen-bond donors (Lipinski definition) is 1. The van der Waals surface area contributed by atoms with E-state index in [1.807, 2.05) is 6.07 Å². The van der Waals surface area contributed by atoms with E-state index in [1.54, 1.807) is 21.3 Å². The van der Waals surface area contributed by atoms with Crippen molar-refractivity contribution in [3.05, 3.63) is 31.2 Å². The van der Waals surface area contributed by atoms with Gasteiger partial charge in [0.15, 0.2) is 0 Å². The summed E-state index contributed by atoms with van der Waals surface area (Å²) in [4.78, 5) is 7.47. The SMILES string of the molecule is COc1cc(OC)c(I)c(-c2cc3c(c(N4CCCC(OC)C4)n2)=CC(I)NC=3)c1Cl. The van der Waals surface area contributed by atoms with Gasteiger partial charge in [-0.25, -0.2) is 4.98 Å². The largest absolute Gasteiger partial charge is 0.495 e. The van der Waals surface area contributed by atoms with Crippen molar-refractivity contribution in [2.45, 2.75) is 23.0 Å². The molecule has 0 saturated carbocycles. The van der Waals surface area contributed by atoms with Crippen LogP contribution in [0.5, 0.6) is 11.5 Å². The number of aromatic nitrogens is 1. The number of alkyl halides is 1. The number of halogens is 3. The first-order chi connectivity index (χ1) is 15.0. The Balaban J connectivity index is 1.96. The molecule has 0 amide bonds. The van der Waals surface area contributed by atoms with Gasteiger partial charge >= 0.3 is 0 Å². The lowest BCUT2D eigenvalue weighted by atomic mass is 10.1. The monoisotopic (exact) mass is 667 g/mol. The Morgan fingerprint density at radius 2 is 1.97 bits per heavy atom. The van der Waals surface area contributed by atoms with Crippen molar-refractivity contribution in [3.63, 3.8) is 0 Å². The topological polar surface area (TPSA) is 55.9 Å². The molecule has 0 spiro atoms. The van der Waals surface area contributed by atoms with Crippen LogP contribution in [0, 0.1) is 3.57 Å². The van der Waals surface area contributed by atoms with Crippen LogP contribution in [-0.4, -0.2) is 49.6 Å². The summed E-state index contributed by atoms with van der Waals surface area (Å²) in [5, 5.41) is 6.14. The van der Waals surface area contributed by atoms with Gasteiger partial charge in [-0.3, -0.25) is 0 Å². The first kappa shape index (κ1) is 23.2. The lowest BCUT2D eigenvalue weighted by molar-refractivity contribution is 0.0891. The van der Waals surface area contributed by atoms with Crippen molar-refractivity contribution >= 4 is 74.9 Å². The van der Waals surface area contributed by atoms with E-state index in [2.05, 4.69) is 73.7 Å². The van der Waals surface area contributed by atoms with Gasteiger partial charge in [0.2, 0.25) is 0 Å². The van der Waals surface area contributed by atoms with Crippen LogP contribution in [0.15, 0.2) is 12.1 Å². The molecule has 2 aromatic rings. The number of fused-ring (bicyclic) bond motifs is 1. The molecule has 2 atom stereocenters. The molecular weight excluding hydrogens is 644 g/mol.